The van der Waals surface area contributed by atoms with Gasteiger partial charge in [0, 0.05) is 23.1 Å². The molecule has 0 radical (unpaired) electrons. The highest BCUT2D eigenvalue weighted by atomic mass is 32.2. The Kier molecular flexibility index (Phi) is 6.23. The molecule has 3 rings (SSSR count). The van der Waals surface area contributed by atoms with Gasteiger partial charge in [0.1, 0.15) is 0 Å². The van der Waals surface area contributed by atoms with E-state index in [2.05, 4.69) is 15.3 Å². The summed E-state index contributed by atoms with van der Waals surface area (Å²) in [7, 11) is 0. The van der Waals surface area contributed by atoms with Crippen LogP contribution in [0.1, 0.15) is 21.6 Å². The lowest BCUT2D eigenvalue weighted by Gasteiger charge is -2.07. The molecule has 0 bridgehead atoms. The standard InChI is InChI=1S/C20H18N4O3S/c21-19(27)14-6-8-15(9-7-14)22-17(25)10-16-11-18(26)24-20(23-16)28-12-13-4-2-1-3-5-13/h1-9,11H,10,12H2,(H2,21,27)(H,22,25)(H,23,24,26). The van der Waals surface area contributed by atoms with Gasteiger partial charge in [0.2, 0.25) is 11.8 Å². The minimum Gasteiger partial charge on any atom is -0.366 e. The quantitative estimate of drug-likeness (QED) is 0.420. The maximum Gasteiger partial charge on any atom is 0.251 e. The maximum atomic E-state index is 12.2. The van der Waals surface area contributed by atoms with Crippen LogP contribution in [0.2, 0.25) is 0 Å². The SMILES string of the molecule is NC(=O)c1ccc(NC(=O)Cc2cc(=O)[nH]c(SCc3ccccc3)n2)cc1. The highest BCUT2D eigenvalue weighted by Crippen LogP contribution is 2.18. The Hall–Kier alpha value is -3.39. The zero-order valence-electron chi connectivity index (χ0n) is 14.8. The van der Waals surface area contributed by atoms with E-state index in [4.69, 9.17) is 5.73 Å². The van der Waals surface area contributed by atoms with Gasteiger partial charge in [0.15, 0.2) is 5.16 Å². The van der Waals surface area contributed by atoms with Gasteiger partial charge in [-0.15, -0.1) is 0 Å². The molecule has 0 aliphatic heterocycles. The number of rotatable bonds is 7. The molecule has 7 nitrogen and oxygen atoms in total. The lowest BCUT2D eigenvalue weighted by molar-refractivity contribution is -0.115. The van der Waals surface area contributed by atoms with Crippen molar-refractivity contribution in [3.63, 3.8) is 0 Å². The molecule has 2 amide bonds. The van der Waals surface area contributed by atoms with Crippen molar-refractivity contribution < 1.29 is 9.59 Å². The van der Waals surface area contributed by atoms with E-state index < -0.39 is 5.91 Å². The molecule has 1 aromatic heterocycles. The molecule has 3 aromatic rings. The van der Waals surface area contributed by atoms with Crippen LogP contribution in [-0.4, -0.2) is 21.8 Å². The van der Waals surface area contributed by atoms with Crippen molar-refractivity contribution in [3.8, 4) is 0 Å². The molecule has 0 unspecified atom stereocenters. The van der Waals surface area contributed by atoms with Crippen LogP contribution >= 0.6 is 11.8 Å². The monoisotopic (exact) mass is 394 g/mol. The van der Waals surface area contributed by atoms with Gasteiger partial charge in [-0.2, -0.15) is 0 Å². The van der Waals surface area contributed by atoms with Crippen LogP contribution in [0.25, 0.3) is 0 Å². The number of nitrogens with one attached hydrogen (secondary N) is 2. The Labute approximate surface area is 165 Å². The molecule has 0 saturated heterocycles. The van der Waals surface area contributed by atoms with E-state index in [1.54, 1.807) is 12.1 Å². The minimum atomic E-state index is -0.536. The first-order valence-electron chi connectivity index (χ1n) is 8.46. The van der Waals surface area contributed by atoms with Crippen molar-refractivity contribution in [2.75, 3.05) is 5.32 Å². The van der Waals surface area contributed by atoms with E-state index in [-0.39, 0.29) is 17.9 Å². The number of thioether (sulfide) groups is 1. The number of amides is 2. The Bertz CT molecular complexity index is 1030. The number of anilines is 1. The Morgan fingerprint density at radius 3 is 2.46 bits per heavy atom. The number of aromatic nitrogens is 2. The lowest BCUT2D eigenvalue weighted by Crippen LogP contribution is -2.18. The first-order chi connectivity index (χ1) is 13.5. The lowest BCUT2D eigenvalue weighted by atomic mass is 10.2. The Balaban J connectivity index is 1.63. The molecular formula is C20H18N4O3S. The van der Waals surface area contributed by atoms with Crippen LogP contribution in [0.3, 0.4) is 0 Å². The summed E-state index contributed by atoms with van der Waals surface area (Å²) in [6, 6.07) is 17.4. The second kappa shape index (κ2) is 9.01. The fourth-order valence-electron chi connectivity index (χ4n) is 2.46. The van der Waals surface area contributed by atoms with Gasteiger partial charge >= 0.3 is 0 Å². The Morgan fingerprint density at radius 2 is 1.79 bits per heavy atom. The van der Waals surface area contributed by atoms with Crippen LogP contribution in [0.15, 0.2) is 70.6 Å². The average Bonchev–Trinajstić information content (AvgIpc) is 2.67. The van der Waals surface area contributed by atoms with E-state index in [9.17, 15) is 14.4 Å². The third-order valence-corrected chi connectivity index (χ3v) is 4.73. The van der Waals surface area contributed by atoms with Crippen LogP contribution in [-0.2, 0) is 17.0 Å². The fourth-order valence-corrected chi connectivity index (χ4v) is 3.31. The van der Waals surface area contributed by atoms with Crippen LogP contribution in [0.4, 0.5) is 5.69 Å². The van der Waals surface area contributed by atoms with Crippen LogP contribution in [0.5, 0.6) is 0 Å². The molecule has 1 heterocycles. The summed E-state index contributed by atoms with van der Waals surface area (Å²) in [5.41, 5.74) is 7.25. The summed E-state index contributed by atoms with van der Waals surface area (Å²) in [5, 5.41) is 3.17. The number of primary amides is 1. The smallest absolute Gasteiger partial charge is 0.251 e. The fraction of sp³-hybridized carbons (Fsp3) is 0.100. The predicted molar refractivity (Wildman–Crippen MR) is 108 cm³/mol. The third kappa shape index (κ3) is 5.55. The van der Waals surface area contributed by atoms with Crippen molar-refractivity contribution in [3.05, 3.63) is 87.8 Å². The van der Waals surface area contributed by atoms with Gasteiger partial charge in [0.05, 0.1) is 12.1 Å². The minimum absolute atomic E-state index is 0.0413. The molecule has 142 valence electrons. The number of benzene rings is 2. The van der Waals surface area contributed by atoms with Gasteiger partial charge in [0.25, 0.3) is 5.56 Å². The first-order valence-corrected chi connectivity index (χ1v) is 9.45. The number of hydrogen-bond acceptors (Lipinski definition) is 5. The predicted octanol–water partition coefficient (Wildman–Crippen LogP) is 2.34. The van der Waals surface area contributed by atoms with Crippen LogP contribution < -0.4 is 16.6 Å². The molecule has 0 fully saturated rings. The number of carbonyl (C=O) groups excluding carboxylic acids is 2. The molecule has 0 spiro atoms. The summed E-state index contributed by atoms with van der Waals surface area (Å²) in [4.78, 5) is 42.2. The van der Waals surface area contributed by atoms with Crippen molar-refractivity contribution in [2.45, 2.75) is 17.3 Å². The molecule has 0 aliphatic rings. The highest BCUT2D eigenvalue weighted by Gasteiger charge is 2.09. The molecule has 0 saturated carbocycles. The van der Waals surface area contributed by atoms with E-state index in [0.29, 0.717) is 27.9 Å². The van der Waals surface area contributed by atoms with Crippen molar-refractivity contribution >= 4 is 29.3 Å². The zero-order valence-corrected chi connectivity index (χ0v) is 15.7. The van der Waals surface area contributed by atoms with Gasteiger partial charge in [-0.25, -0.2) is 4.98 Å². The van der Waals surface area contributed by atoms with Crippen molar-refractivity contribution in [2.24, 2.45) is 5.73 Å². The molecule has 2 aromatic carbocycles. The van der Waals surface area contributed by atoms with Crippen LogP contribution in [0, 0.1) is 0 Å². The largest absolute Gasteiger partial charge is 0.366 e. The van der Waals surface area contributed by atoms with Crippen molar-refractivity contribution in [1.29, 1.82) is 0 Å². The van der Waals surface area contributed by atoms with Gasteiger partial charge < -0.3 is 16.0 Å². The second-order valence-corrected chi connectivity index (χ2v) is 6.95. The third-order valence-electron chi connectivity index (χ3n) is 3.79. The topological polar surface area (TPSA) is 118 Å². The normalized spacial score (nSPS) is 10.4. The van der Waals surface area contributed by atoms with E-state index in [1.165, 1.54) is 30.0 Å². The number of aromatic amines is 1. The van der Waals surface area contributed by atoms with Gasteiger partial charge in [-0.3, -0.25) is 14.4 Å². The summed E-state index contributed by atoms with van der Waals surface area (Å²) in [6.07, 6.45) is -0.0413. The number of carbonyl (C=O) groups is 2. The van der Waals surface area contributed by atoms with Gasteiger partial charge in [-0.05, 0) is 29.8 Å². The van der Waals surface area contributed by atoms with E-state index in [1.807, 2.05) is 30.3 Å². The molecule has 8 heteroatoms. The molecule has 0 atom stereocenters. The molecular weight excluding hydrogens is 376 g/mol. The van der Waals surface area contributed by atoms with Crippen molar-refractivity contribution in [1.82, 2.24) is 9.97 Å². The highest BCUT2D eigenvalue weighted by molar-refractivity contribution is 7.98. The summed E-state index contributed by atoms with van der Waals surface area (Å²) in [5.74, 6) is -0.193. The average molecular weight is 394 g/mol. The number of nitrogens with zero attached hydrogens (tertiary/aromatic N) is 1. The summed E-state index contributed by atoms with van der Waals surface area (Å²) < 4.78 is 0. The summed E-state index contributed by atoms with van der Waals surface area (Å²) >= 11 is 1.40. The van der Waals surface area contributed by atoms with E-state index in [0.717, 1.165) is 5.56 Å². The Morgan fingerprint density at radius 1 is 1.07 bits per heavy atom. The number of hydrogen-bond donors (Lipinski definition) is 3. The maximum absolute atomic E-state index is 12.2. The first kappa shape index (κ1) is 19.4. The van der Waals surface area contributed by atoms with E-state index >= 15 is 0 Å². The zero-order chi connectivity index (χ0) is 19.9. The second-order valence-electron chi connectivity index (χ2n) is 5.98. The number of nitrogens with two attached hydrogens (primary N) is 1. The summed E-state index contributed by atoms with van der Waals surface area (Å²) in [6.45, 7) is 0. The van der Waals surface area contributed by atoms with Gasteiger partial charge in [-0.1, -0.05) is 42.1 Å². The number of H-pyrrole nitrogens is 1. The molecule has 28 heavy (non-hydrogen) atoms. The molecule has 0 aliphatic carbocycles. The molecule has 4 N–H and O–H groups in total.